The van der Waals surface area contributed by atoms with E-state index in [-0.39, 0.29) is 29.2 Å². The largest absolute Gasteiger partial charge is 0.384 e. The Morgan fingerprint density at radius 1 is 1.24 bits per heavy atom. The number of hydrogen-bond acceptors (Lipinski definition) is 8. The first-order chi connectivity index (χ1) is 19.6. The third-order valence-corrected chi connectivity index (χ3v) is 8.83. The second kappa shape index (κ2) is 11.0. The lowest BCUT2D eigenvalue weighted by atomic mass is 9.90. The number of fused-ring (bicyclic) bond motifs is 3. The van der Waals surface area contributed by atoms with Crippen molar-refractivity contribution in [3.63, 3.8) is 0 Å². The molecule has 0 unspecified atom stereocenters. The number of halogens is 1. The molecule has 2 N–H and O–H groups in total. The van der Waals surface area contributed by atoms with Crippen LogP contribution in [0.3, 0.4) is 0 Å². The SMILES string of the molecule is C[C@@H]1CN(CC(=O)N2CC(C)(C)c3c2cc([C@H](O)c2ccc(F)cc2)c2ncnn32)[C@@H](CN2CCOC[C@H]2C)CN1. The number of carbonyl (C=O) groups is 1. The molecule has 0 radical (unpaired) electrons. The minimum atomic E-state index is -1.05. The molecule has 2 aromatic heterocycles. The monoisotopic (exact) mass is 565 g/mol. The van der Waals surface area contributed by atoms with Gasteiger partial charge in [0.15, 0.2) is 5.65 Å². The number of piperazine rings is 1. The van der Waals surface area contributed by atoms with Crippen molar-refractivity contribution in [2.24, 2.45) is 0 Å². The number of ether oxygens (including phenoxy) is 1. The maximum Gasteiger partial charge on any atom is 0.241 e. The van der Waals surface area contributed by atoms with Crippen LogP contribution in [0.1, 0.15) is 50.6 Å². The molecular weight excluding hydrogens is 525 g/mol. The minimum absolute atomic E-state index is 0.0210. The van der Waals surface area contributed by atoms with Crippen LogP contribution in [-0.4, -0.2) is 106 Å². The number of morpholine rings is 1. The summed E-state index contributed by atoms with van der Waals surface area (Å²) in [5.41, 5.74) is 2.84. The highest BCUT2D eigenvalue weighted by atomic mass is 19.1. The minimum Gasteiger partial charge on any atom is -0.384 e. The number of aliphatic hydroxyl groups is 1. The first-order valence-corrected chi connectivity index (χ1v) is 14.5. The van der Waals surface area contributed by atoms with E-state index in [2.05, 4.69) is 52.9 Å². The number of anilines is 1. The van der Waals surface area contributed by atoms with Crippen LogP contribution in [-0.2, 0) is 14.9 Å². The van der Waals surface area contributed by atoms with Gasteiger partial charge in [-0.2, -0.15) is 5.10 Å². The molecule has 0 bridgehead atoms. The zero-order valence-corrected chi connectivity index (χ0v) is 24.3. The maximum absolute atomic E-state index is 14.1. The summed E-state index contributed by atoms with van der Waals surface area (Å²) in [6, 6.07) is 8.50. The van der Waals surface area contributed by atoms with Crippen molar-refractivity contribution in [3.05, 3.63) is 59.3 Å². The van der Waals surface area contributed by atoms with Gasteiger partial charge in [-0.1, -0.05) is 26.0 Å². The fraction of sp³-hybridized carbons (Fsp3) is 0.567. The summed E-state index contributed by atoms with van der Waals surface area (Å²) in [6.45, 7) is 14.2. The molecule has 4 atom stereocenters. The summed E-state index contributed by atoms with van der Waals surface area (Å²) in [4.78, 5) is 25.2. The van der Waals surface area contributed by atoms with Gasteiger partial charge in [0.25, 0.3) is 0 Å². The molecule has 3 aliphatic rings. The number of nitrogens with one attached hydrogen (secondary N) is 1. The van der Waals surface area contributed by atoms with Crippen LogP contribution >= 0.6 is 0 Å². The summed E-state index contributed by atoms with van der Waals surface area (Å²) >= 11 is 0. The highest BCUT2D eigenvalue weighted by Gasteiger charge is 2.43. The Balaban J connectivity index is 1.30. The number of aliphatic hydroxyl groups excluding tert-OH is 1. The van der Waals surface area contributed by atoms with Crippen LogP contribution in [0.5, 0.6) is 0 Å². The molecule has 2 saturated heterocycles. The smallest absolute Gasteiger partial charge is 0.241 e. The maximum atomic E-state index is 14.1. The van der Waals surface area contributed by atoms with Crippen molar-refractivity contribution in [3.8, 4) is 0 Å². The fourth-order valence-electron chi connectivity index (χ4n) is 6.60. The van der Waals surface area contributed by atoms with Crippen molar-refractivity contribution in [1.82, 2.24) is 29.7 Å². The van der Waals surface area contributed by atoms with Crippen LogP contribution in [0, 0.1) is 5.82 Å². The van der Waals surface area contributed by atoms with E-state index >= 15 is 0 Å². The number of pyridine rings is 1. The van der Waals surface area contributed by atoms with E-state index < -0.39 is 6.10 Å². The molecule has 0 spiro atoms. The van der Waals surface area contributed by atoms with Crippen molar-refractivity contribution in [1.29, 1.82) is 0 Å². The molecule has 0 saturated carbocycles. The third kappa shape index (κ3) is 5.37. The second-order valence-corrected chi connectivity index (χ2v) is 12.5. The van der Waals surface area contributed by atoms with Gasteiger partial charge < -0.3 is 20.1 Å². The molecule has 220 valence electrons. The van der Waals surface area contributed by atoms with Gasteiger partial charge >= 0.3 is 0 Å². The Bertz CT molecular complexity index is 1410. The van der Waals surface area contributed by atoms with Crippen LogP contribution in [0.2, 0.25) is 0 Å². The van der Waals surface area contributed by atoms with E-state index in [1.807, 2.05) is 11.0 Å². The van der Waals surface area contributed by atoms with Gasteiger partial charge in [-0.05, 0) is 37.6 Å². The predicted molar refractivity (Wildman–Crippen MR) is 154 cm³/mol. The summed E-state index contributed by atoms with van der Waals surface area (Å²) < 4.78 is 21.0. The van der Waals surface area contributed by atoms with Crippen LogP contribution < -0.4 is 10.2 Å². The molecule has 10 nitrogen and oxygen atoms in total. The Morgan fingerprint density at radius 2 is 2.02 bits per heavy atom. The zero-order chi connectivity index (χ0) is 28.9. The number of nitrogens with zero attached hydrogens (tertiary/aromatic N) is 6. The highest BCUT2D eigenvalue weighted by Crippen LogP contribution is 2.43. The highest BCUT2D eigenvalue weighted by molar-refractivity contribution is 5.97. The van der Waals surface area contributed by atoms with Gasteiger partial charge in [-0.3, -0.25) is 14.6 Å². The summed E-state index contributed by atoms with van der Waals surface area (Å²) in [5.74, 6) is -0.350. The molecule has 5 heterocycles. The zero-order valence-electron chi connectivity index (χ0n) is 24.3. The molecular formula is C30H40FN7O3. The Kier molecular flexibility index (Phi) is 7.58. The average molecular weight is 566 g/mol. The average Bonchev–Trinajstić information content (AvgIpc) is 3.53. The third-order valence-electron chi connectivity index (χ3n) is 8.83. The lowest BCUT2D eigenvalue weighted by Gasteiger charge is -2.43. The molecule has 3 aromatic rings. The van der Waals surface area contributed by atoms with Crippen LogP contribution in [0.15, 0.2) is 36.7 Å². The van der Waals surface area contributed by atoms with Crippen molar-refractivity contribution in [2.45, 2.75) is 57.3 Å². The van der Waals surface area contributed by atoms with E-state index in [9.17, 15) is 14.3 Å². The van der Waals surface area contributed by atoms with E-state index in [0.717, 1.165) is 50.8 Å². The van der Waals surface area contributed by atoms with Gasteiger partial charge in [-0.15, -0.1) is 0 Å². The molecule has 11 heteroatoms. The molecule has 2 fully saturated rings. The number of aromatic nitrogens is 3. The lowest BCUT2D eigenvalue weighted by molar-refractivity contribution is -0.121. The van der Waals surface area contributed by atoms with Gasteiger partial charge in [0.05, 0.1) is 31.1 Å². The van der Waals surface area contributed by atoms with Crippen LogP contribution in [0.25, 0.3) is 5.65 Å². The van der Waals surface area contributed by atoms with E-state index in [0.29, 0.717) is 35.9 Å². The molecule has 6 rings (SSSR count). The van der Waals surface area contributed by atoms with E-state index in [1.165, 1.54) is 18.5 Å². The quantitative estimate of drug-likeness (QED) is 0.468. The van der Waals surface area contributed by atoms with Gasteiger partial charge in [0, 0.05) is 61.8 Å². The number of benzene rings is 1. The van der Waals surface area contributed by atoms with E-state index in [1.54, 1.807) is 16.6 Å². The summed E-state index contributed by atoms with van der Waals surface area (Å²) in [5, 5.41) is 19.5. The normalized spacial score (nSPS) is 25.9. The number of hydrogen-bond donors (Lipinski definition) is 2. The number of carbonyl (C=O) groups excluding carboxylic acids is 1. The topological polar surface area (TPSA) is 98.5 Å². The van der Waals surface area contributed by atoms with Crippen molar-refractivity contribution >= 4 is 17.2 Å². The van der Waals surface area contributed by atoms with E-state index in [4.69, 9.17) is 4.74 Å². The summed E-state index contributed by atoms with van der Waals surface area (Å²) in [7, 11) is 0. The number of amides is 1. The first kappa shape index (κ1) is 28.2. The second-order valence-electron chi connectivity index (χ2n) is 12.5. The molecule has 1 aromatic carbocycles. The lowest BCUT2D eigenvalue weighted by Crippen LogP contribution is -2.62. The molecule has 1 amide bonds. The van der Waals surface area contributed by atoms with Gasteiger partial charge in [0.1, 0.15) is 18.2 Å². The molecule has 41 heavy (non-hydrogen) atoms. The number of rotatable bonds is 6. The molecule has 3 aliphatic heterocycles. The van der Waals surface area contributed by atoms with Crippen molar-refractivity contribution in [2.75, 3.05) is 57.4 Å². The Morgan fingerprint density at radius 3 is 2.78 bits per heavy atom. The summed E-state index contributed by atoms with van der Waals surface area (Å²) in [6.07, 6.45) is 0.415. The first-order valence-electron chi connectivity index (χ1n) is 14.5. The van der Waals surface area contributed by atoms with Gasteiger partial charge in [-0.25, -0.2) is 13.9 Å². The Labute approximate surface area is 240 Å². The predicted octanol–water partition coefficient (Wildman–Crippen LogP) is 1.96. The van der Waals surface area contributed by atoms with Crippen LogP contribution in [0.4, 0.5) is 10.1 Å². The fourth-order valence-corrected chi connectivity index (χ4v) is 6.60. The Hall–Kier alpha value is -2.96. The molecule has 0 aliphatic carbocycles. The van der Waals surface area contributed by atoms with Gasteiger partial charge in [0.2, 0.25) is 5.91 Å². The van der Waals surface area contributed by atoms with Crippen molar-refractivity contribution < 1.29 is 19.0 Å². The standard InChI is InChI=1S/C30H40FN7O3/c1-19-13-36(23(12-32-19)14-35-9-10-41-16-20(35)2)15-26(39)37-17-30(3,4)28-25(37)11-24(29-33-18-34-38(28)29)27(40)21-5-7-22(31)8-6-21/h5-8,11,18-20,23,27,32,40H,9-10,12-17H2,1-4H3/t19-,20-,23-,27-/m1/s1.